The van der Waals surface area contributed by atoms with E-state index in [0.29, 0.717) is 19.1 Å². The van der Waals surface area contributed by atoms with Crippen molar-refractivity contribution in [2.24, 2.45) is 0 Å². The summed E-state index contributed by atoms with van der Waals surface area (Å²) in [6.45, 7) is 12.5. The number of rotatable bonds is 6. The van der Waals surface area contributed by atoms with E-state index in [1.54, 1.807) is 6.20 Å². The van der Waals surface area contributed by atoms with Crippen molar-refractivity contribution in [1.29, 1.82) is 0 Å². The molecule has 2 saturated heterocycles. The first-order chi connectivity index (χ1) is 20.1. The molecule has 0 radical (unpaired) electrons. The molecule has 6 nitrogen and oxygen atoms in total. The Labute approximate surface area is 255 Å². The lowest BCUT2D eigenvalue weighted by Crippen LogP contribution is -2.70. The highest BCUT2D eigenvalue weighted by atomic mass is 35.5. The van der Waals surface area contributed by atoms with Crippen molar-refractivity contribution in [3.05, 3.63) is 89.6 Å². The number of anilines is 1. The number of halogens is 1. The number of aromatic nitrogens is 2. The van der Waals surface area contributed by atoms with Crippen molar-refractivity contribution in [2.45, 2.75) is 63.1 Å². The highest BCUT2D eigenvalue weighted by Gasteiger charge is 2.56. The summed E-state index contributed by atoms with van der Waals surface area (Å²) in [5.74, 6) is 0.642. The van der Waals surface area contributed by atoms with Gasteiger partial charge in [0.1, 0.15) is 0 Å². The molecule has 0 aliphatic carbocycles. The molecule has 2 atom stereocenters. The predicted octanol–water partition coefficient (Wildman–Crippen LogP) is 5.78. The lowest BCUT2D eigenvalue weighted by atomic mass is 9.85. The Morgan fingerprint density at radius 3 is 2.21 bits per heavy atom. The molecule has 8 heteroatoms. The van der Waals surface area contributed by atoms with Crippen molar-refractivity contribution in [1.82, 2.24) is 14.9 Å². The van der Waals surface area contributed by atoms with Gasteiger partial charge < -0.3 is 14.9 Å². The van der Waals surface area contributed by atoms with Gasteiger partial charge >= 0.3 is 0 Å². The lowest BCUT2D eigenvalue weighted by molar-refractivity contribution is 0.00483. The summed E-state index contributed by atoms with van der Waals surface area (Å²) >= 11 is 6.79. The third kappa shape index (κ3) is 5.16. The van der Waals surface area contributed by atoms with Crippen LogP contribution in [-0.2, 0) is 9.16 Å². The lowest BCUT2D eigenvalue weighted by Gasteiger charge is -2.50. The average Bonchev–Trinajstić information content (AvgIpc) is 3.36. The second-order valence-electron chi connectivity index (χ2n) is 13.1. The van der Waals surface area contributed by atoms with Crippen LogP contribution in [0.25, 0.3) is 10.9 Å². The van der Waals surface area contributed by atoms with E-state index in [-0.39, 0.29) is 22.6 Å². The second-order valence-corrected chi connectivity index (χ2v) is 17.7. The summed E-state index contributed by atoms with van der Waals surface area (Å²) in [5.41, 5.74) is 7.63. The number of hydrogen-bond donors (Lipinski definition) is 1. The van der Waals surface area contributed by atoms with Gasteiger partial charge in [-0.3, -0.25) is 4.90 Å². The molecule has 6 rings (SSSR count). The normalized spacial score (nSPS) is 22.5. The van der Waals surface area contributed by atoms with Gasteiger partial charge in [-0.1, -0.05) is 93.0 Å². The molecule has 0 saturated carbocycles. The van der Waals surface area contributed by atoms with Gasteiger partial charge in [-0.25, -0.2) is 9.97 Å². The van der Waals surface area contributed by atoms with Crippen LogP contribution in [0.2, 0.25) is 10.1 Å². The molecule has 2 aliphatic rings. The second kappa shape index (κ2) is 11.4. The van der Waals surface area contributed by atoms with Crippen LogP contribution in [-0.4, -0.2) is 61.1 Å². The molecule has 2 N–H and O–H groups in total. The van der Waals surface area contributed by atoms with Crippen LogP contribution < -0.4 is 16.1 Å². The van der Waals surface area contributed by atoms with Crippen molar-refractivity contribution in [3.63, 3.8) is 0 Å². The van der Waals surface area contributed by atoms with Crippen LogP contribution in [0.15, 0.2) is 79.0 Å². The molecule has 3 heterocycles. The molecular weight excluding hydrogens is 560 g/mol. The van der Waals surface area contributed by atoms with Gasteiger partial charge in [0.25, 0.3) is 8.32 Å². The molecule has 1 aromatic heterocycles. The maximum Gasteiger partial charge on any atom is 0.261 e. The van der Waals surface area contributed by atoms with Gasteiger partial charge in [0.15, 0.2) is 0 Å². The maximum atomic E-state index is 7.62. The van der Waals surface area contributed by atoms with Crippen molar-refractivity contribution >= 4 is 47.1 Å². The minimum Gasteiger partial charge on any atom is -0.400 e. The summed E-state index contributed by atoms with van der Waals surface area (Å²) in [6, 6.07) is 25.9. The third-order valence-corrected chi connectivity index (χ3v) is 14.8. The van der Waals surface area contributed by atoms with Gasteiger partial charge in [0, 0.05) is 16.6 Å². The summed E-state index contributed by atoms with van der Waals surface area (Å²) in [5, 5.41) is 4.19. The fourth-order valence-electron chi connectivity index (χ4n) is 7.10. The molecule has 0 spiro atoms. The van der Waals surface area contributed by atoms with Crippen LogP contribution in [0.3, 0.4) is 0 Å². The third-order valence-electron chi connectivity index (χ3n) is 9.47. The minimum absolute atomic E-state index is 0.0516. The number of benzene rings is 3. The first-order valence-electron chi connectivity index (χ1n) is 15.0. The number of piperidine rings is 1. The van der Waals surface area contributed by atoms with E-state index in [4.69, 9.17) is 26.5 Å². The van der Waals surface area contributed by atoms with E-state index in [1.165, 1.54) is 10.4 Å². The van der Waals surface area contributed by atoms with E-state index in [9.17, 15) is 0 Å². The summed E-state index contributed by atoms with van der Waals surface area (Å²) in [7, 11) is -2.72. The Balaban J connectivity index is 1.28. The van der Waals surface area contributed by atoms with E-state index in [2.05, 4.69) is 109 Å². The molecule has 4 aromatic rings. The highest BCUT2D eigenvalue weighted by molar-refractivity contribution is 6.99. The number of nitrogens with zero attached hydrogens (tertiary/aromatic N) is 3. The van der Waals surface area contributed by atoms with Crippen molar-refractivity contribution < 1.29 is 9.16 Å². The molecule has 220 valence electrons. The molecule has 2 aliphatic heterocycles. The van der Waals surface area contributed by atoms with Crippen LogP contribution in [0.4, 0.5) is 5.95 Å². The number of nitrogen functional groups attached to an aromatic ring is 1. The molecule has 0 amide bonds. The van der Waals surface area contributed by atoms with Gasteiger partial charge in [0.05, 0.1) is 30.4 Å². The Kier molecular flexibility index (Phi) is 7.91. The standard InChI is InChI=1S/C34H41ClN4O2Si/c1-33(2,3)42(26-11-7-5-8-12-26,27-13-9-6-10-14-27)41-31-22-40-23-34(31,4)39-17-15-24(16-18-39)28-20-30-25(19-29(28)35)21-37-32(36)38-30/h5-14,19-21,24,31H,15-18,22-23H2,1-4H3,(H2,36,37,38)/t31-,34+/m1/s1. The van der Waals surface area contributed by atoms with E-state index in [1.807, 2.05) is 6.07 Å². The van der Waals surface area contributed by atoms with Crippen molar-refractivity contribution in [2.75, 3.05) is 32.0 Å². The quantitative estimate of drug-likeness (QED) is 0.283. The first kappa shape index (κ1) is 29.3. The minimum atomic E-state index is -2.72. The Hall–Kier alpha value is -2.81. The number of ether oxygens (including phenoxy) is 1. The monoisotopic (exact) mass is 600 g/mol. The predicted molar refractivity (Wildman–Crippen MR) is 174 cm³/mol. The molecule has 0 unspecified atom stereocenters. The molecule has 0 bridgehead atoms. The number of fused-ring (bicyclic) bond motifs is 1. The number of nitrogens with two attached hydrogens (primary N) is 1. The maximum absolute atomic E-state index is 7.62. The SMILES string of the molecule is CC(C)(C)[Si](O[C@@H]1COC[C@]1(C)N1CCC(c2cc3nc(N)ncc3cc2Cl)CC1)(c1ccccc1)c1ccccc1. The van der Waals surface area contributed by atoms with E-state index < -0.39 is 8.32 Å². The number of likely N-dealkylation sites (tertiary alicyclic amines) is 1. The van der Waals surface area contributed by atoms with Gasteiger partial charge in [-0.15, -0.1) is 0 Å². The van der Waals surface area contributed by atoms with E-state index >= 15 is 0 Å². The van der Waals surface area contributed by atoms with Crippen LogP contribution in [0.5, 0.6) is 0 Å². The van der Waals surface area contributed by atoms with Gasteiger partial charge in [0.2, 0.25) is 5.95 Å². The molecule has 3 aromatic carbocycles. The topological polar surface area (TPSA) is 73.5 Å². The first-order valence-corrected chi connectivity index (χ1v) is 17.2. The van der Waals surface area contributed by atoms with Gasteiger partial charge in [-0.05, 0) is 71.9 Å². The fourth-order valence-corrected chi connectivity index (χ4v) is 12.2. The van der Waals surface area contributed by atoms with Crippen LogP contribution >= 0.6 is 11.6 Å². The number of hydrogen-bond acceptors (Lipinski definition) is 6. The summed E-state index contributed by atoms with van der Waals surface area (Å²) in [6.07, 6.45) is 3.70. The zero-order valence-electron chi connectivity index (χ0n) is 25.0. The highest BCUT2D eigenvalue weighted by Crippen LogP contribution is 2.43. The van der Waals surface area contributed by atoms with Crippen LogP contribution in [0.1, 0.15) is 52.0 Å². The Morgan fingerprint density at radius 1 is 1.00 bits per heavy atom. The molecule has 2 fully saturated rings. The van der Waals surface area contributed by atoms with E-state index in [0.717, 1.165) is 47.4 Å². The average molecular weight is 601 g/mol. The Bertz CT molecular complexity index is 1500. The largest absolute Gasteiger partial charge is 0.400 e. The fraction of sp³-hybridized carbons (Fsp3) is 0.412. The summed E-state index contributed by atoms with van der Waals surface area (Å²) in [4.78, 5) is 11.2. The molecular formula is C34H41ClN4O2Si. The summed E-state index contributed by atoms with van der Waals surface area (Å²) < 4.78 is 13.9. The zero-order valence-corrected chi connectivity index (χ0v) is 26.8. The van der Waals surface area contributed by atoms with Crippen molar-refractivity contribution in [3.8, 4) is 0 Å². The zero-order chi connectivity index (χ0) is 29.5. The molecule has 42 heavy (non-hydrogen) atoms. The Morgan fingerprint density at radius 2 is 1.62 bits per heavy atom. The van der Waals surface area contributed by atoms with Gasteiger partial charge in [-0.2, -0.15) is 0 Å². The smallest absolute Gasteiger partial charge is 0.261 e. The van der Waals surface area contributed by atoms with Crippen LogP contribution in [0, 0.1) is 0 Å².